The first-order valence-corrected chi connectivity index (χ1v) is 5.38. The van der Waals surface area contributed by atoms with Gasteiger partial charge in [0.25, 0.3) is 0 Å². The number of aromatic nitrogens is 1. The number of hydrogen-bond donors (Lipinski definition) is 1. The fraction of sp³-hybridized carbons (Fsp3) is 0.167. The van der Waals surface area contributed by atoms with Crippen molar-refractivity contribution in [3.63, 3.8) is 0 Å². The fourth-order valence-electron chi connectivity index (χ4n) is 1.70. The first-order valence-electron chi connectivity index (χ1n) is 4.59. The molecule has 0 fully saturated rings. The van der Waals surface area contributed by atoms with Gasteiger partial charge in [0.05, 0.1) is 5.52 Å². The highest BCUT2D eigenvalue weighted by Gasteiger charge is 2.05. The second-order valence-corrected chi connectivity index (χ2v) is 4.33. The van der Waals surface area contributed by atoms with Gasteiger partial charge in [0, 0.05) is 16.1 Å². The highest BCUT2D eigenvalue weighted by molar-refractivity contribution is 9.10. The van der Waals surface area contributed by atoms with E-state index >= 15 is 0 Å². The molecule has 0 radical (unpaired) electrons. The minimum Gasteiger partial charge on any atom is -0.360 e. The first-order chi connectivity index (χ1) is 6.72. The van der Waals surface area contributed by atoms with Crippen molar-refractivity contribution in [1.29, 1.82) is 0 Å². The van der Waals surface area contributed by atoms with Gasteiger partial charge in [0.15, 0.2) is 0 Å². The molecule has 0 saturated heterocycles. The van der Waals surface area contributed by atoms with Crippen LogP contribution >= 0.6 is 15.9 Å². The molecule has 0 amide bonds. The molecule has 0 saturated carbocycles. The Bertz CT molecular complexity index is 482. The monoisotopic (exact) mass is 249 g/mol. The molecule has 0 aliphatic carbocycles. The fourth-order valence-corrected chi connectivity index (χ4v) is 2.39. The average molecular weight is 250 g/mol. The number of halogens is 1. The lowest BCUT2D eigenvalue weighted by Crippen LogP contribution is -1.79. The molecular weight excluding hydrogens is 238 g/mol. The van der Waals surface area contributed by atoms with Crippen LogP contribution in [0.25, 0.3) is 10.9 Å². The predicted octanol–water partition coefficient (Wildman–Crippen LogP) is 3.97. The Hall–Kier alpha value is -1.02. The van der Waals surface area contributed by atoms with Gasteiger partial charge in [-0.3, -0.25) is 0 Å². The standard InChI is InChI=1S/C12H12BrN/c1-3-4-9-7-14-12-10(9)5-8(2)6-11(12)13/h3,5-7,14H,1,4H2,2H3. The molecule has 0 bridgehead atoms. The second kappa shape index (κ2) is 3.62. The molecule has 1 heterocycles. The van der Waals surface area contributed by atoms with Gasteiger partial charge in [-0.15, -0.1) is 6.58 Å². The summed E-state index contributed by atoms with van der Waals surface area (Å²) >= 11 is 3.56. The number of aromatic amines is 1. The number of rotatable bonds is 2. The topological polar surface area (TPSA) is 15.8 Å². The highest BCUT2D eigenvalue weighted by atomic mass is 79.9. The Labute approximate surface area is 92.0 Å². The summed E-state index contributed by atoms with van der Waals surface area (Å²) in [6.45, 7) is 5.87. The van der Waals surface area contributed by atoms with E-state index in [9.17, 15) is 0 Å². The number of allylic oxidation sites excluding steroid dienone is 1. The minimum absolute atomic E-state index is 0.913. The molecule has 14 heavy (non-hydrogen) atoms. The number of nitrogens with one attached hydrogen (secondary N) is 1. The van der Waals surface area contributed by atoms with Gasteiger partial charge in [-0.2, -0.15) is 0 Å². The van der Waals surface area contributed by atoms with E-state index in [1.54, 1.807) is 0 Å². The summed E-state index contributed by atoms with van der Waals surface area (Å²) in [4.78, 5) is 3.27. The zero-order valence-corrected chi connectivity index (χ0v) is 9.69. The van der Waals surface area contributed by atoms with Gasteiger partial charge in [-0.05, 0) is 52.5 Å². The summed E-state index contributed by atoms with van der Waals surface area (Å²) in [5, 5.41) is 1.29. The normalized spacial score (nSPS) is 10.7. The third-order valence-electron chi connectivity index (χ3n) is 2.34. The van der Waals surface area contributed by atoms with E-state index in [4.69, 9.17) is 0 Å². The van der Waals surface area contributed by atoms with Crippen molar-refractivity contribution in [3.8, 4) is 0 Å². The van der Waals surface area contributed by atoms with Crippen molar-refractivity contribution in [2.45, 2.75) is 13.3 Å². The van der Waals surface area contributed by atoms with E-state index < -0.39 is 0 Å². The van der Waals surface area contributed by atoms with Crippen molar-refractivity contribution >= 4 is 26.8 Å². The maximum atomic E-state index is 3.76. The summed E-state index contributed by atoms with van der Waals surface area (Å²) < 4.78 is 1.13. The maximum Gasteiger partial charge on any atom is 0.0601 e. The van der Waals surface area contributed by atoms with E-state index in [-0.39, 0.29) is 0 Å². The zero-order chi connectivity index (χ0) is 10.1. The highest BCUT2D eigenvalue weighted by Crippen LogP contribution is 2.27. The van der Waals surface area contributed by atoms with Crippen molar-refractivity contribution in [3.05, 3.63) is 46.6 Å². The van der Waals surface area contributed by atoms with Crippen LogP contribution < -0.4 is 0 Å². The van der Waals surface area contributed by atoms with Crippen LogP contribution in [0.2, 0.25) is 0 Å². The largest absolute Gasteiger partial charge is 0.360 e. The molecule has 72 valence electrons. The molecular formula is C12H12BrN. The molecule has 0 aliphatic rings. The summed E-state index contributed by atoms with van der Waals surface area (Å²) in [6, 6.07) is 4.33. The molecule has 0 spiro atoms. The smallest absolute Gasteiger partial charge is 0.0601 e. The Morgan fingerprint density at radius 1 is 1.50 bits per heavy atom. The molecule has 2 aromatic rings. The van der Waals surface area contributed by atoms with Crippen molar-refractivity contribution in [2.75, 3.05) is 0 Å². The molecule has 2 rings (SSSR count). The minimum atomic E-state index is 0.913. The summed E-state index contributed by atoms with van der Waals surface area (Å²) in [6.07, 6.45) is 4.89. The molecule has 2 heteroatoms. The van der Waals surface area contributed by atoms with Gasteiger partial charge in [-0.25, -0.2) is 0 Å². The van der Waals surface area contributed by atoms with Crippen LogP contribution in [-0.4, -0.2) is 4.98 Å². The molecule has 0 unspecified atom stereocenters. The SMILES string of the molecule is C=CCc1c[nH]c2c(Br)cc(C)cc12. The lowest BCUT2D eigenvalue weighted by atomic mass is 10.1. The summed E-state index contributed by atoms with van der Waals surface area (Å²) in [7, 11) is 0. The third kappa shape index (κ3) is 1.50. The summed E-state index contributed by atoms with van der Waals surface area (Å²) in [5.41, 5.74) is 3.75. The Balaban J connectivity index is 2.71. The predicted molar refractivity (Wildman–Crippen MR) is 64.6 cm³/mol. The van der Waals surface area contributed by atoms with Crippen molar-refractivity contribution < 1.29 is 0 Å². The second-order valence-electron chi connectivity index (χ2n) is 3.48. The van der Waals surface area contributed by atoms with Crippen LogP contribution in [0.1, 0.15) is 11.1 Å². The maximum absolute atomic E-state index is 3.76. The quantitative estimate of drug-likeness (QED) is 0.776. The van der Waals surface area contributed by atoms with Crippen LogP contribution in [-0.2, 0) is 6.42 Å². The molecule has 1 N–H and O–H groups in total. The Morgan fingerprint density at radius 3 is 3.00 bits per heavy atom. The molecule has 0 atom stereocenters. The van der Waals surface area contributed by atoms with Gasteiger partial charge >= 0.3 is 0 Å². The Kier molecular flexibility index (Phi) is 2.46. The van der Waals surface area contributed by atoms with E-state index in [0.29, 0.717) is 0 Å². The molecule has 1 aromatic carbocycles. The zero-order valence-electron chi connectivity index (χ0n) is 8.10. The van der Waals surface area contributed by atoms with E-state index in [1.807, 2.05) is 6.08 Å². The number of fused-ring (bicyclic) bond motifs is 1. The molecule has 1 aromatic heterocycles. The van der Waals surface area contributed by atoms with Crippen molar-refractivity contribution in [2.24, 2.45) is 0 Å². The summed E-state index contributed by atoms with van der Waals surface area (Å²) in [5.74, 6) is 0. The van der Waals surface area contributed by atoms with Crippen LogP contribution in [0.3, 0.4) is 0 Å². The first kappa shape index (κ1) is 9.53. The number of H-pyrrole nitrogens is 1. The number of aryl methyl sites for hydroxylation is 1. The lowest BCUT2D eigenvalue weighted by Gasteiger charge is -1.99. The van der Waals surface area contributed by atoms with Crippen LogP contribution in [0.15, 0.2) is 35.5 Å². The number of hydrogen-bond acceptors (Lipinski definition) is 0. The van der Waals surface area contributed by atoms with Crippen LogP contribution in [0.4, 0.5) is 0 Å². The van der Waals surface area contributed by atoms with Gasteiger partial charge in [-0.1, -0.05) is 6.08 Å². The van der Waals surface area contributed by atoms with Gasteiger partial charge in [0.1, 0.15) is 0 Å². The van der Waals surface area contributed by atoms with Crippen molar-refractivity contribution in [1.82, 2.24) is 4.98 Å². The van der Waals surface area contributed by atoms with Crippen LogP contribution in [0, 0.1) is 6.92 Å². The van der Waals surface area contributed by atoms with Gasteiger partial charge in [0.2, 0.25) is 0 Å². The van der Waals surface area contributed by atoms with Crippen LogP contribution in [0.5, 0.6) is 0 Å². The van der Waals surface area contributed by atoms with E-state index in [1.165, 1.54) is 22.0 Å². The number of benzene rings is 1. The average Bonchev–Trinajstić information content (AvgIpc) is 2.49. The van der Waals surface area contributed by atoms with E-state index in [0.717, 1.165) is 10.9 Å². The van der Waals surface area contributed by atoms with Gasteiger partial charge < -0.3 is 4.98 Å². The van der Waals surface area contributed by atoms with E-state index in [2.05, 4.69) is 52.7 Å². The third-order valence-corrected chi connectivity index (χ3v) is 2.96. The Morgan fingerprint density at radius 2 is 2.29 bits per heavy atom. The lowest BCUT2D eigenvalue weighted by molar-refractivity contribution is 1.29. The molecule has 1 nitrogen and oxygen atoms in total. The molecule has 0 aliphatic heterocycles.